The number of amides is 2. The van der Waals surface area contributed by atoms with Crippen molar-refractivity contribution >= 4 is 33.0 Å². The average molecular weight is 449 g/mol. The van der Waals surface area contributed by atoms with E-state index in [0.29, 0.717) is 15.8 Å². The molecule has 0 radical (unpaired) electrons. The van der Waals surface area contributed by atoms with Crippen LogP contribution in [0, 0.1) is 0 Å². The van der Waals surface area contributed by atoms with Gasteiger partial charge in [-0.1, -0.05) is 13.0 Å². The van der Waals surface area contributed by atoms with Crippen molar-refractivity contribution in [3.8, 4) is 0 Å². The van der Waals surface area contributed by atoms with E-state index in [2.05, 4.69) is 25.5 Å². The number of thiazole rings is 1. The van der Waals surface area contributed by atoms with Crippen LogP contribution in [-0.2, 0) is 41.2 Å². The lowest BCUT2D eigenvalue weighted by Crippen LogP contribution is -2.25. The average Bonchev–Trinajstić information content (AvgIpc) is 3.41. The predicted molar refractivity (Wildman–Crippen MR) is 119 cm³/mol. The van der Waals surface area contributed by atoms with Crippen LogP contribution >= 0.6 is 11.3 Å². The highest BCUT2D eigenvalue weighted by atomic mass is 32.2. The Morgan fingerprint density at radius 2 is 1.87 bits per heavy atom. The van der Waals surface area contributed by atoms with E-state index >= 15 is 0 Å². The Hall–Kier alpha value is -1.81. The van der Waals surface area contributed by atoms with Crippen LogP contribution in [0.5, 0.6) is 0 Å². The van der Waals surface area contributed by atoms with Crippen LogP contribution in [0.2, 0.25) is 0 Å². The maximum absolute atomic E-state index is 13.5. The van der Waals surface area contributed by atoms with Crippen molar-refractivity contribution in [3.63, 3.8) is 0 Å². The van der Waals surface area contributed by atoms with Crippen molar-refractivity contribution in [3.05, 3.63) is 39.5 Å². The smallest absolute Gasteiger partial charge is 0.354 e. The van der Waals surface area contributed by atoms with Gasteiger partial charge in [0, 0.05) is 12.2 Å². The number of hydrogen-bond donors (Lipinski definition) is 3. The van der Waals surface area contributed by atoms with Crippen molar-refractivity contribution in [2.75, 3.05) is 11.9 Å². The zero-order valence-corrected chi connectivity index (χ0v) is 19.2. The molecule has 3 N–H and O–H groups in total. The summed E-state index contributed by atoms with van der Waals surface area (Å²) in [4.78, 5) is 17.1. The van der Waals surface area contributed by atoms with E-state index in [1.165, 1.54) is 28.5 Å². The Bertz CT molecular complexity index is 1080. The third kappa shape index (κ3) is 4.03. The first-order chi connectivity index (χ1) is 14.2. The first kappa shape index (κ1) is 21.4. The molecule has 0 saturated carbocycles. The summed E-state index contributed by atoms with van der Waals surface area (Å²) in [6, 6.07) is 1.68. The molecule has 0 spiro atoms. The molecule has 2 amide bonds. The van der Waals surface area contributed by atoms with Crippen molar-refractivity contribution in [1.29, 1.82) is 0 Å². The first-order valence-electron chi connectivity index (χ1n) is 10.4. The topological polar surface area (TPSA) is 104 Å². The number of aromatic nitrogens is 1. The van der Waals surface area contributed by atoms with Gasteiger partial charge in [0.05, 0.1) is 6.20 Å². The van der Waals surface area contributed by atoms with Crippen molar-refractivity contribution in [2.24, 2.45) is 4.36 Å². The van der Waals surface area contributed by atoms with Gasteiger partial charge in [-0.3, -0.25) is 0 Å². The summed E-state index contributed by atoms with van der Waals surface area (Å²) >= 11 is 1.10. The standard InChI is InChI=1S/C21H28N4O3S2/c1-4-23-30(28,17-12-22-19(29-17)21(2,3)27)25-20(26)24-18-15-9-5-7-13(15)11-14-8-6-10-16(14)18/h11-12,27H,4-10H2,1-3H3,(H2,23,24,25,26,28). The van der Waals surface area contributed by atoms with Crippen molar-refractivity contribution in [1.82, 2.24) is 9.71 Å². The summed E-state index contributed by atoms with van der Waals surface area (Å²) in [6.07, 6.45) is 7.58. The SMILES string of the molecule is CCNS(=O)(=NC(=O)Nc1c2c(cc3c1CCC3)CCC2)c1cnc(C(C)(C)O)s1. The summed E-state index contributed by atoms with van der Waals surface area (Å²) in [5, 5.41) is 13.6. The van der Waals surface area contributed by atoms with E-state index in [-0.39, 0.29) is 0 Å². The van der Waals surface area contributed by atoms with Gasteiger partial charge >= 0.3 is 6.03 Å². The molecule has 0 bridgehead atoms. The van der Waals surface area contributed by atoms with Gasteiger partial charge in [-0.05, 0) is 74.6 Å². The molecule has 2 aliphatic rings. The van der Waals surface area contributed by atoms with Crippen LogP contribution in [0.15, 0.2) is 20.8 Å². The maximum atomic E-state index is 13.5. The summed E-state index contributed by atoms with van der Waals surface area (Å²) in [6.45, 7) is 5.42. The number of carbonyl (C=O) groups is 1. The van der Waals surface area contributed by atoms with Gasteiger partial charge in [-0.25, -0.2) is 18.7 Å². The summed E-state index contributed by atoms with van der Waals surface area (Å²) in [5.74, 6) is 0. The number of fused-ring (bicyclic) bond motifs is 2. The lowest BCUT2D eigenvalue weighted by molar-refractivity contribution is 0.0783. The molecule has 30 heavy (non-hydrogen) atoms. The first-order valence-corrected chi connectivity index (χ1v) is 12.7. The molecule has 0 aliphatic heterocycles. The highest BCUT2D eigenvalue weighted by Crippen LogP contribution is 2.38. The normalized spacial score (nSPS) is 17.3. The van der Waals surface area contributed by atoms with Gasteiger partial charge in [-0.15, -0.1) is 15.7 Å². The number of benzene rings is 1. The second-order valence-electron chi connectivity index (χ2n) is 8.32. The molecule has 0 fully saturated rings. The van der Waals surface area contributed by atoms with Crippen LogP contribution in [0.3, 0.4) is 0 Å². The quantitative estimate of drug-likeness (QED) is 0.645. The highest BCUT2D eigenvalue weighted by Gasteiger charge is 2.27. The van der Waals surface area contributed by atoms with Gasteiger partial charge in [0.2, 0.25) is 0 Å². The number of urea groups is 1. The minimum absolute atomic E-state index is 0.333. The fourth-order valence-electron chi connectivity index (χ4n) is 4.23. The van der Waals surface area contributed by atoms with Crippen LogP contribution in [0.4, 0.5) is 10.5 Å². The molecule has 4 rings (SSSR count). The van der Waals surface area contributed by atoms with Crippen molar-refractivity contribution in [2.45, 2.75) is 69.1 Å². The zero-order chi connectivity index (χ0) is 21.5. The number of nitrogens with one attached hydrogen (secondary N) is 2. The number of aliphatic hydroxyl groups is 1. The van der Waals surface area contributed by atoms with E-state index in [1.807, 2.05) is 6.92 Å². The fraction of sp³-hybridized carbons (Fsp3) is 0.524. The monoisotopic (exact) mass is 448 g/mol. The lowest BCUT2D eigenvalue weighted by atomic mass is 9.99. The van der Waals surface area contributed by atoms with E-state index in [0.717, 1.165) is 55.5 Å². The molecule has 162 valence electrons. The fourth-order valence-corrected chi connectivity index (χ4v) is 7.02. The Kier molecular flexibility index (Phi) is 5.73. The van der Waals surface area contributed by atoms with Gasteiger partial charge in [0.15, 0.2) is 9.92 Å². The molecule has 1 aromatic carbocycles. The zero-order valence-electron chi connectivity index (χ0n) is 17.6. The third-order valence-electron chi connectivity index (χ3n) is 5.54. The molecule has 1 aromatic heterocycles. The number of carbonyl (C=O) groups excluding carboxylic acids is 1. The Labute approximate surface area is 181 Å². The van der Waals surface area contributed by atoms with Gasteiger partial charge in [0.25, 0.3) is 0 Å². The number of hydrogen-bond acceptors (Lipinski definition) is 5. The van der Waals surface area contributed by atoms with Gasteiger partial charge < -0.3 is 10.4 Å². The second-order valence-corrected chi connectivity index (χ2v) is 11.6. The Balaban J connectivity index is 1.69. The Morgan fingerprint density at radius 1 is 1.23 bits per heavy atom. The van der Waals surface area contributed by atoms with Crippen LogP contribution in [-0.4, -0.2) is 26.9 Å². The van der Waals surface area contributed by atoms with Crippen LogP contribution < -0.4 is 10.0 Å². The van der Waals surface area contributed by atoms with E-state index in [9.17, 15) is 14.1 Å². The summed E-state index contributed by atoms with van der Waals surface area (Å²) in [5.41, 5.74) is 4.77. The molecular weight excluding hydrogens is 420 g/mol. The largest absolute Gasteiger partial charge is 0.383 e. The lowest BCUT2D eigenvalue weighted by Gasteiger charge is -2.15. The minimum atomic E-state index is -3.20. The van der Waals surface area contributed by atoms with Gasteiger partial charge in [-0.2, -0.15) is 0 Å². The summed E-state index contributed by atoms with van der Waals surface area (Å²) in [7, 11) is -3.20. The van der Waals surface area contributed by atoms with E-state index < -0.39 is 21.5 Å². The number of nitrogens with zero attached hydrogens (tertiary/aromatic N) is 2. The molecule has 1 atom stereocenters. The third-order valence-corrected chi connectivity index (χ3v) is 9.32. The molecule has 1 heterocycles. The number of anilines is 1. The summed E-state index contributed by atoms with van der Waals surface area (Å²) < 4.78 is 20.8. The second kappa shape index (κ2) is 8.03. The number of aryl methyl sites for hydroxylation is 2. The highest BCUT2D eigenvalue weighted by molar-refractivity contribution is 7.94. The number of rotatable bonds is 5. The van der Waals surface area contributed by atoms with Gasteiger partial charge in [0.1, 0.15) is 14.8 Å². The van der Waals surface area contributed by atoms with Crippen LogP contribution in [0.25, 0.3) is 0 Å². The van der Waals surface area contributed by atoms with Crippen LogP contribution in [0.1, 0.15) is 60.9 Å². The molecular formula is C21H28N4O3S2. The molecule has 2 aliphatic carbocycles. The maximum Gasteiger partial charge on any atom is 0.354 e. The molecule has 9 heteroatoms. The predicted octanol–water partition coefficient (Wildman–Crippen LogP) is 3.93. The molecule has 0 saturated heterocycles. The van der Waals surface area contributed by atoms with Crippen molar-refractivity contribution < 1.29 is 14.1 Å². The molecule has 1 unspecified atom stereocenters. The molecule has 7 nitrogen and oxygen atoms in total. The van der Waals surface area contributed by atoms with E-state index in [4.69, 9.17) is 0 Å². The Morgan fingerprint density at radius 3 is 2.40 bits per heavy atom. The van der Waals surface area contributed by atoms with E-state index in [1.54, 1.807) is 13.8 Å². The minimum Gasteiger partial charge on any atom is -0.383 e. The molecule has 2 aromatic rings.